The molecule has 2 rings (SSSR count). The first-order valence-corrected chi connectivity index (χ1v) is 7.62. The van der Waals surface area contributed by atoms with Crippen LogP contribution in [-0.4, -0.2) is 33.7 Å². The number of hydrogen-bond acceptors (Lipinski definition) is 3. The number of amides is 1. The van der Waals surface area contributed by atoms with Crippen molar-refractivity contribution in [2.75, 3.05) is 7.05 Å². The molecule has 1 amide bonds. The second-order valence-corrected chi connectivity index (χ2v) is 5.73. The van der Waals surface area contributed by atoms with Gasteiger partial charge in [-0.3, -0.25) is 4.79 Å². The maximum Gasteiger partial charge on any atom is 0.239 e. The van der Waals surface area contributed by atoms with Gasteiger partial charge in [0, 0.05) is 25.4 Å². The SMILES string of the molecule is CCC(C)C(N)C(=O)N(C)Cc1cnn(-c2ccccc2)c1.Cl. The summed E-state index contributed by atoms with van der Waals surface area (Å²) < 4.78 is 1.81. The fraction of sp³-hybridized carbons (Fsp3) is 0.412. The molecule has 5 nitrogen and oxygen atoms in total. The van der Waals surface area contributed by atoms with E-state index >= 15 is 0 Å². The largest absolute Gasteiger partial charge is 0.340 e. The third-order valence-corrected chi connectivity index (χ3v) is 3.99. The van der Waals surface area contributed by atoms with Crippen LogP contribution in [0.3, 0.4) is 0 Å². The van der Waals surface area contributed by atoms with Gasteiger partial charge in [0.1, 0.15) is 0 Å². The van der Waals surface area contributed by atoms with E-state index in [1.165, 1.54) is 0 Å². The first-order valence-electron chi connectivity index (χ1n) is 7.62. The molecule has 1 aromatic heterocycles. The molecule has 2 atom stereocenters. The highest BCUT2D eigenvalue weighted by molar-refractivity contribution is 5.85. The van der Waals surface area contributed by atoms with Crippen LogP contribution in [-0.2, 0) is 11.3 Å². The first-order chi connectivity index (χ1) is 10.5. The Morgan fingerprint density at radius 1 is 1.35 bits per heavy atom. The summed E-state index contributed by atoms with van der Waals surface area (Å²) in [5.41, 5.74) is 7.99. The Kier molecular flexibility index (Phi) is 7.26. The van der Waals surface area contributed by atoms with Gasteiger partial charge in [0.25, 0.3) is 0 Å². The number of halogens is 1. The molecule has 1 heterocycles. The van der Waals surface area contributed by atoms with Gasteiger partial charge in [-0.05, 0) is 18.1 Å². The average molecular weight is 337 g/mol. The maximum atomic E-state index is 12.3. The van der Waals surface area contributed by atoms with Crippen LogP contribution in [0.15, 0.2) is 42.7 Å². The summed E-state index contributed by atoms with van der Waals surface area (Å²) in [6, 6.07) is 9.44. The molecule has 2 unspecified atom stereocenters. The molecule has 0 saturated heterocycles. The molecular weight excluding hydrogens is 312 g/mol. The molecule has 0 bridgehead atoms. The van der Waals surface area contributed by atoms with Gasteiger partial charge in [-0.25, -0.2) is 4.68 Å². The molecule has 0 aliphatic heterocycles. The number of hydrogen-bond donors (Lipinski definition) is 1. The number of carbonyl (C=O) groups is 1. The van der Waals surface area contributed by atoms with E-state index < -0.39 is 6.04 Å². The van der Waals surface area contributed by atoms with Gasteiger partial charge in [0.2, 0.25) is 5.91 Å². The number of para-hydroxylation sites is 1. The van der Waals surface area contributed by atoms with Gasteiger partial charge in [0.15, 0.2) is 0 Å². The normalized spacial score (nSPS) is 13.0. The zero-order chi connectivity index (χ0) is 16.1. The molecule has 0 fully saturated rings. The first kappa shape index (κ1) is 19.2. The minimum absolute atomic E-state index is 0. The third-order valence-electron chi connectivity index (χ3n) is 3.99. The average Bonchev–Trinajstić information content (AvgIpc) is 3.01. The summed E-state index contributed by atoms with van der Waals surface area (Å²) in [6.45, 7) is 4.56. The van der Waals surface area contributed by atoms with Crippen LogP contribution in [0.2, 0.25) is 0 Å². The third kappa shape index (κ3) is 4.81. The van der Waals surface area contributed by atoms with Gasteiger partial charge in [-0.2, -0.15) is 5.10 Å². The van der Waals surface area contributed by atoms with E-state index in [-0.39, 0.29) is 24.2 Å². The van der Waals surface area contributed by atoms with Gasteiger partial charge >= 0.3 is 0 Å². The Labute approximate surface area is 143 Å². The van der Waals surface area contributed by atoms with E-state index in [2.05, 4.69) is 5.10 Å². The van der Waals surface area contributed by atoms with Crippen LogP contribution >= 0.6 is 12.4 Å². The molecule has 0 aliphatic carbocycles. The summed E-state index contributed by atoms with van der Waals surface area (Å²) in [5, 5.41) is 4.34. The zero-order valence-electron chi connectivity index (χ0n) is 13.8. The number of rotatable bonds is 6. The lowest BCUT2D eigenvalue weighted by Crippen LogP contribution is -2.45. The molecule has 6 heteroatoms. The quantitative estimate of drug-likeness (QED) is 0.882. The molecule has 23 heavy (non-hydrogen) atoms. The van der Waals surface area contributed by atoms with Crippen molar-refractivity contribution in [2.45, 2.75) is 32.9 Å². The van der Waals surface area contributed by atoms with Crippen LogP contribution in [0.5, 0.6) is 0 Å². The highest BCUT2D eigenvalue weighted by Gasteiger charge is 2.23. The summed E-state index contributed by atoms with van der Waals surface area (Å²) in [6.07, 6.45) is 4.62. The van der Waals surface area contributed by atoms with Crippen molar-refractivity contribution in [1.29, 1.82) is 0 Å². The summed E-state index contributed by atoms with van der Waals surface area (Å²) in [7, 11) is 1.78. The van der Waals surface area contributed by atoms with Crippen molar-refractivity contribution < 1.29 is 4.79 Å². The van der Waals surface area contributed by atoms with Crippen LogP contribution in [0.1, 0.15) is 25.8 Å². The van der Waals surface area contributed by atoms with Gasteiger partial charge in [-0.1, -0.05) is 38.5 Å². The predicted molar refractivity (Wildman–Crippen MR) is 94.7 cm³/mol. The number of carbonyl (C=O) groups excluding carboxylic acids is 1. The smallest absolute Gasteiger partial charge is 0.239 e. The highest BCUT2D eigenvalue weighted by Crippen LogP contribution is 2.12. The van der Waals surface area contributed by atoms with Crippen molar-refractivity contribution in [3.8, 4) is 5.69 Å². The molecule has 0 radical (unpaired) electrons. The van der Waals surface area contributed by atoms with Crippen LogP contribution in [0, 0.1) is 5.92 Å². The standard InChI is InChI=1S/C17H24N4O.ClH/c1-4-13(2)16(18)17(22)20(3)11-14-10-19-21(12-14)15-8-6-5-7-9-15;/h5-10,12-13,16H,4,11,18H2,1-3H3;1H. The lowest BCUT2D eigenvalue weighted by atomic mass is 9.99. The van der Waals surface area contributed by atoms with Crippen LogP contribution < -0.4 is 5.73 Å². The second-order valence-electron chi connectivity index (χ2n) is 5.73. The minimum atomic E-state index is -0.445. The number of benzene rings is 1. The molecule has 0 spiro atoms. The Morgan fingerprint density at radius 3 is 2.61 bits per heavy atom. The van der Waals surface area contributed by atoms with E-state index in [0.717, 1.165) is 17.7 Å². The Bertz CT molecular complexity index is 614. The second kappa shape index (κ2) is 8.70. The fourth-order valence-corrected chi connectivity index (χ4v) is 2.27. The van der Waals surface area contributed by atoms with Crippen molar-refractivity contribution in [2.24, 2.45) is 11.7 Å². The van der Waals surface area contributed by atoms with Gasteiger partial charge < -0.3 is 10.6 Å². The van der Waals surface area contributed by atoms with Crippen LogP contribution in [0.25, 0.3) is 5.69 Å². The number of likely N-dealkylation sites (N-methyl/N-ethyl adjacent to an activating group) is 1. The fourth-order valence-electron chi connectivity index (χ4n) is 2.27. The monoisotopic (exact) mass is 336 g/mol. The number of aromatic nitrogens is 2. The van der Waals surface area contributed by atoms with Crippen molar-refractivity contribution in [1.82, 2.24) is 14.7 Å². The Morgan fingerprint density at radius 2 is 2.00 bits per heavy atom. The van der Waals surface area contributed by atoms with E-state index in [0.29, 0.717) is 6.54 Å². The maximum absolute atomic E-state index is 12.3. The van der Waals surface area contributed by atoms with E-state index in [1.54, 1.807) is 18.1 Å². The number of nitrogens with two attached hydrogens (primary N) is 1. The van der Waals surface area contributed by atoms with E-state index in [4.69, 9.17) is 5.73 Å². The molecular formula is C17H25ClN4O. The Hall–Kier alpha value is -1.85. The molecule has 0 aliphatic rings. The van der Waals surface area contributed by atoms with Gasteiger partial charge in [0.05, 0.1) is 17.9 Å². The molecule has 2 N–H and O–H groups in total. The molecule has 0 saturated carbocycles. The lowest BCUT2D eigenvalue weighted by Gasteiger charge is -2.24. The predicted octanol–water partition coefficient (Wildman–Crippen LogP) is 2.63. The Balaban J connectivity index is 0.00000264. The van der Waals surface area contributed by atoms with Crippen molar-refractivity contribution in [3.05, 3.63) is 48.3 Å². The molecule has 1 aromatic carbocycles. The number of nitrogens with zero attached hydrogens (tertiary/aromatic N) is 3. The summed E-state index contributed by atoms with van der Waals surface area (Å²) >= 11 is 0. The lowest BCUT2D eigenvalue weighted by molar-refractivity contribution is -0.132. The highest BCUT2D eigenvalue weighted by atomic mass is 35.5. The minimum Gasteiger partial charge on any atom is -0.340 e. The summed E-state index contributed by atoms with van der Waals surface area (Å²) in [4.78, 5) is 14.0. The van der Waals surface area contributed by atoms with Crippen molar-refractivity contribution in [3.63, 3.8) is 0 Å². The van der Waals surface area contributed by atoms with Crippen molar-refractivity contribution >= 4 is 18.3 Å². The summed E-state index contributed by atoms with van der Waals surface area (Å²) in [5.74, 6) is 0.156. The van der Waals surface area contributed by atoms with E-state index in [1.807, 2.05) is 55.1 Å². The van der Waals surface area contributed by atoms with Crippen LogP contribution in [0.4, 0.5) is 0 Å². The zero-order valence-corrected chi connectivity index (χ0v) is 14.7. The molecule has 126 valence electrons. The molecule has 2 aromatic rings. The van der Waals surface area contributed by atoms with Gasteiger partial charge in [-0.15, -0.1) is 12.4 Å². The van der Waals surface area contributed by atoms with E-state index in [9.17, 15) is 4.79 Å². The topological polar surface area (TPSA) is 64.2 Å².